The monoisotopic (exact) mass is 390 g/mol. The number of aryl methyl sites for hydroxylation is 1. The molecule has 0 spiro atoms. The Bertz CT molecular complexity index is 871. The van der Waals surface area contributed by atoms with Crippen molar-refractivity contribution in [1.29, 1.82) is 0 Å². The first-order valence-corrected chi connectivity index (χ1v) is 8.50. The van der Waals surface area contributed by atoms with Crippen LogP contribution in [0.25, 0.3) is 0 Å². The van der Waals surface area contributed by atoms with Gasteiger partial charge in [-0.3, -0.25) is 19.7 Å². The van der Waals surface area contributed by atoms with E-state index in [0.717, 1.165) is 0 Å². The van der Waals surface area contributed by atoms with Gasteiger partial charge in [0.05, 0.1) is 17.6 Å². The fraction of sp³-hybridized carbons (Fsp3) is 0.263. The van der Waals surface area contributed by atoms with E-state index in [2.05, 4.69) is 5.32 Å². The zero-order valence-corrected chi connectivity index (χ0v) is 15.1. The van der Waals surface area contributed by atoms with Crippen molar-refractivity contribution in [2.45, 2.75) is 19.8 Å². The van der Waals surface area contributed by atoms with Gasteiger partial charge in [-0.2, -0.15) is 0 Å². The summed E-state index contributed by atoms with van der Waals surface area (Å²) in [5.41, 5.74) is -0.0139. The van der Waals surface area contributed by atoms with Crippen LogP contribution < -0.4 is 10.1 Å². The van der Waals surface area contributed by atoms with E-state index in [-0.39, 0.29) is 24.2 Å². The van der Waals surface area contributed by atoms with Crippen molar-refractivity contribution >= 4 is 23.3 Å². The summed E-state index contributed by atoms with van der Waals surface area (Å²) < 4.78 is 23.5. The van der Waals surface area contributed by atoms with E-state index in [1.54, 1.807) is 25.1 Å². The number of halogens is 1. The average Bonchev–Trinajstić information content (AvgIpc) is 2.67. The molecule has 8 nitrogen and oxygen atoms in total. The summed E-state index contributed by atoms with van der Waals surface area (Å²) in [5.74, 6) is -1.53. The third-order valence-corrected chi connectivity index (χ3v) is 3.67. The lowest BCUT2D eigenvalue weighted by Gasteiger charge is -2.09. The maximum absolute atomic E-state index is 13.5. The number of nitrogens with zero attached hydrogens (tertiary/aromatic N) is 1. The second-order valence-electron chi connectivity index (χ2n) is 5.67. The summed E-state index contributed by atoms with van der Waals surface area (Å²) in [6.07, 6.45) is 0.0366. The van der Waals surface area contributed by atoms with Crippen LogP contribution >= 0.6 is 0 Å². The fourth-order valence-electron chi connectivity index (χ4n) is 2.37. The SMILES string of the molecule is CCOc1ccc(NC(=O)COC(=O)CCc2ccccc2F)c([N+](=O)[O-])c1. The maximum Gasteiger partial charge on any atom is 0.306 e. The van der Waals surface area contributed by atoms with Crippen molar-refractivity contribution in [3.8, 4) is 5.75 Å². The zero-order valence-electron chi connectivity index (χ0n) is 15.1. The summed E-state index contributed by atoms with van der Waals surface area (Å²) in [4.78, 5) is 34.2. The zero-order chi connectivity index (χ0) is 20.5. The molecule has 0 unspecified atom stereocenters. The molecule has 0 atom stereocenters. The molecule has 1 amide bonds. The number of ether oxygens (including phenoxy) is 2. The number of anilines is 1. The number of nitrogens with one attached hydrogen (secondary N) is 1. The molecule has 0 fully saturated rings. The van der Waals surface area contributed by atoms with Gasteiger partial charge in [-0.1, -0.05) is 18.2 Å². The van der Waals surface area contributed by atoms with E-state index < -0.39 is 29.2 Å². The highest BCUT2D eigenvalue weighted by Crippen LogP contribution is 2.29. The topological polar surface area (TPSA) is 108 Å². The summed E-state index contributed by atoms with van der Waals surface area (Å²) in [7, 11) is 0. The third-order valence-electron chi connectivity index (χ3n) is 3.67. The number of amides is 1. The molecule has 0 saturated heterocycles. The molecule has 1 N–H and O–H groups in total. The molecule has 148 valence electrons. The van der Waals surface area contributed by atoms with E-state index >= 15 is 0 Å². The molecule has 0 radical (unpaired) electrons. The largest absolute Gasteiger partial charge is 0.494 e. The normalized spacial score (nSPS) is 10.2. The highest BCUT2D eigenvalue weighted by atomic mass is 19.1. The van der Waals surface area contributed by atoms with Crippen LogP contribution in [0, 0.1) is 15.9 Å². The van der Waals surface area contributed by atoms with Crippen molar-refractivity contribution in [3.63, 3.8) is 0 Å². The first kappa shape index (κ1) is 20.8. The Morgan fingerprint density at radius 1 is 1.21 bits per heavy atom. The standard InChI is InChI=1S/C19H19FN2O6/c1-2-27-14-8-9-16(17(11-14)22(25)26)21-18(23)12-28-19(24)10-7-13-5-3-4-6-15(13)20/h3-6,8-9,11H,2,7,10,12H2,1H3,(H,21,23). The second-order valence-corrected chi connectivity index (χ2v) is 5.67. The van der Waals surface area contributed by atoms with Crippen LogP contribution in [0.4, 0.5) is 15.8 Å². The van der Waals surface area contributed by atoms with Crippen LogP contribution in [-0.2, 0) is 20.7 Å². The Balaban J connectivity index is 1.87. The van der Waals surface area contributed by atoms with Gasteiger partial charge in [-0.25, -0.2) is 4.39 Å². The van der Waals surface area contributed by atoms with Crippen LogP contribution in [0.3, 0.4) is 0 Å². The van der Waals surface area contributed by atoms with Crippen LogP contribution in [0.5, 0.6) is 5.75 Å². The number of carbonyl (C=O) groups is 2. The van der Waals surface area contributed by atoms with E-state index in [1.807, 2.05) is 0 Å². The first-order chi connectivity index (χ1) is 13.4. The van der Waals surface area contributed by atoms with E-state index in [0.29, 0.717) is 17.9 Å². The lowest BCUT2D eigenvalue weighted by molar-refractivity contribution is -0.384. The van der Waals surface area contributed by atoms with Crippen molar-refractivity contribution in [2.75, 3.05) is 18.5 Å². The number of rotatable bonds is 9. The molecule has 2 aromatic carbocycles. The molecule has 28 heavy (non-hydrogen) atoms. The lowest BCUT2D eigenvalue weighted by atomic mass is 10.1. The molecule has 0 aliphatic rings. The van der Waals surface area contributed by atoms with Crippen molar-refractivity contribution in [2.24, 2.45) is 0 Å². The molecule has 2 rings (SSSR count). The predicted octanol–water partition coefficient (Wildman–Crippen LogP) is 3.25. The Labute approximate surface area is 160 Å². The molecule has 2 aromatic rings. The average molecular weight is 390 g/mol. The van der Waals surface area contributed by atoms with Crippen molar-refractivity contribution in [1.82, 2.24) is 0 Å². The minimum absolute atomic E-state index is 0.0409. The van der Waals surface area contributed by atoms with E-state index in [1.165, 1.54) is 24.3 Å². The summed E-state index contributed by atoms with van der Waals surface area (Å²) in [6.45, 7) is 1.47. The Hall–Kier alpha value is -3.49. The maximum atomic E-state index is 13.5. The Morgan fingerprint density at radius 3 is 2.64 bits per heavy atom. The van der Waals surface area contributed by atoms with Gasteiger partial charge in [-0.15, -0.1) is 0 Å². The Kier molecular flexibility index (Phi) is 7.44. The lowest BCUT2D eigenvalue weighted by Crippen LogP contribution is -2.21. The van der Waals surface area contributed by atoms with Gasteiger partial charge >= 0.3 is 5.97 Å². The van der Waals surface area contributed by atoms with Gasteiger partial charge in [0.15, 0.2) is 6.61 Å². The third kappa shape index (κ3) is 6.04. The van der Waals surface area contributed by atoms with Gasteiger partial charge in [0.2, 0.25) is 0 Å². The van der Waals surface area contributed by atoms with Crippen molar-refractivity contribution in [3.05, 3.63) is 64.0 Å². The molecule has 0 heterocycles. The van der Waals surface area contributed by atoms with E-state index in [4.69, 9.17) is 9.47 Å². The van der Waals surface area contributed by atoms with Crippen LogP contribution in [0.15, 0.2) is 42.5 Å². The minimum atomic E-state index is -0.730. The van der Waals surface area contributed by atoms with Gasteiger partial charge in [0.1, 0.15) is 17.3 Å². The number of nitro groups is 1. The van der Waals surface area contributed by atoms with Gasteiger partial charge in [-0.05, 0) is 37.1 Å². The number of hydrogen-bond acceptors (Lipinski definition) is 6. The molecular weight excluding hydrogens is 371 g/mol. The number of nitro benzene ring substituents is 1. The molecule has 0 aliphatic heterocycles. The number of benzene rings is 2. The molecular formula is C19H19FN2O6. The van der Waals surface area contributed by atoms with E-state index in [9.17, 15) is 24.1 Å². The molecule has 0 aliphatic carbocycles. The van der Waals surface area contributed by atoms with Crippen LogP contribution in [-0.4, -0.2) is 30.0 Å². The van der Waals surface area contributed by atoms with Crippen LogP contribution in [0.1, 0.15) is 18.9 Å². The highest BCUT2D eigenvalue weighted by molar-refractivity contribution is 5.95. The molecule has 0 bridgehead atoms. The van der Waals surface area contributed by atoms with Gasteiger partial charge in [0, 0.05) is 6.42 Å². The first-order valence-electron chi connectivity index (χ1n) is 8.50. The minimum Gasteiger partial charge on any atom is -0.494 e. The highest BCUT2D eigenvalue weighted by Gasteiger charge is 2.18. The number of hydrogen-bond donors (Lipinski definition) is 1. The number of esters is 1. The molecule has 0 aromatic heterocycles. The summed E-state index contributed by atoms with van der Waals surface area (Å²) >= 11 is 0. The molecule has 0 saturated carbocycles. The van der Waals surface area contributed by atoms with Crippen molar-refractivity contribution < 1.29 is 28.4 Å². The summed E-state index contributed by atoms with van der Waals surface area (Å²) in [5, 5.41) is 13.5. The quantitative estimate of drug-likeness (QED) is 0.400. The van der Waals surface area contributed by atoms with Gasteiger partial charge in [0.25, 0.3) is 11.6 Å². The second kappa shape index (κ2) is 10.0. The van der Waals surface area contributed by atoms with Gasteiger partial charge < -0.3 is 14.8 Å². The number of carbonyl (C=O) groups excluding carboxylic acids is 2. The smallest absolute Gasteiger partial charge is 0.306 e. The van der Waals surface area contributed by atoms with Crippen LogP contribution in [0.2, 0.25) is 0 Å². The fourth-order valence-corrected chi connectivity index (χ4v) is 2.37. The Morgan fingerprint density at radius 2 is 1.96 bits per heavy atom. The summed E-state index contributed by atoms with van der Waals surface area (Å²) in [6, 6.07) is 10.0. The molecule has 9 heteroatoms. The predicted molar refractivity (Wildman–Crippen MR) is 98.6 cm³/mol.